The molecule has 1 atom stereocenters. The minimum Gasteiger partial charge on any atom is -0.362 e. The Bertz CT molecular complexity index is 702. The zero-order valence-electron chi connectivity index (χ0n) is 12.7. The second-order valence-corrected chi connectivity index (χ2v) is 6.85. The third kappa shape index (κ3) is 4.15. The molecule has 7 nitrogen and oxygen atoms in total. The number of hydrogen-bond donors (Lipinski definition) is 2. The molecule has 0 aliphatic carbocycles. The fraction of sp³-hybridized carbons (Fsp3) is 0.286. The van der Waals surface area contributed by atoms with Gasteiger partial charge in [-0.2, -0.15) is 12.7 Å². The van der Waals surface area contributed by atoms with Crippen LogP contribution in [0.25, 0.3) is 0 Å². The summed E-state index contributed by atoms with van der Waals surface area (Å²) in [6, 6.07) is 13.3. The molecule has 1 aromatic heterocycles. The van der Waals surface area contributed by atoms with Crippen LogP contribution in [0, 0.1) is 0 Å². The second kappa shape index (κ2) is 6.71. The first-order valence-electron chi connectivity index (χ1n) is 6.74. The molecule has 0 amide bonds. The van der Waals surface area contributed by atoms with E-state index in [1.165, 1.54) is 14.1 Å². The van der Waals surface area contributed by atoms with E-state index in [4.69, 9.17) is 0 Å². The van der Waals surface area contributed by atoms with Gasteiger partial charge in [0.15, 0.2) is 5.82 Å². The summed E-state index contributed by atoms with van der Waals surface area (Å²) >= 11 is 0. The Kier molecular flexibility index (Phi) is 4.94. The van der Waals surface area contributed by atoms with Crippen molar-refractivity contribution < 1.29 is 8.42 Å². The smallest absolute Gasteiger partial charge is 0.302 e. The van der Waals surface area contributed by atoms with E-state index in [1.807, 2.05) is 37.3 Å². The van der Waals surface area contributed by atoms with E-state index in [0.717, 1.165) is 9.87 Å². The summed E-state index contributed by atoms with van der Waals surface area (Å²) < 4.78 is 26.8. The minimum atomic E-state index is -3.57. The molecule has 0 saturated heterocycles. The lowest BCUT2D eigenvalue weighted by molar-refractivity contribution is 0.526. The molecule has 0 radical (unpaired) electrons. The molecule has 1 aromatic carbocycles. The van der Waals surface area contributed by atoms with Gasteiger partial charge in [-0.05, 0) is 24.6 Å². The summed E-state index contributed by atoms with van der Waals surface area (Å²) in [4.78, 5) is 0. The Morgan fingerprint density at radius 2 is 1.59 bits per heavy atom. The Morgan fingerprint density at radius 3 is 2.14 bits per heavy atom. The van der Waals surface area contributed by atoms with Gasteiger partial charge < -0.3 is 5.32 Å². The van der Waals surface area contributed by atoms with Crippen molar-refractivity contribution in [2.75, 3.05) is 24.1 Å². The summed E-state index contributed by atoms with van der Waals surface area (Å²) in [7, 11) is -0.694. The molecule has 0 saturated carbocycles. The van der Waals surface area contributed by atoms with E-state index in [1.54, 1.807) is 12.1 Å². The van der Waals surface area contributed by atoms with Crippen LogP contribution in [0.1, 0.15) is 18.5 Å². The molecule has 2 N–H and O–H groups in total. The first-order chi connectivity index (χ1) is 10.4. The zero-order chi connectivity index (χ0) is 16.2. The summed E-state index contributed by atoms with van der Waals surface area (Å²) in [5.74, 6) is 0.746. The SMILES string of the molecule is CC(Nc1ccc(NS(=O)(=O)N(C)C)nn1)c1ccccc1. The monoisotopic (exact) mass is 321 g/mol. The molecule has 1 unspecified atom stereocenters. The van der Waals surface area contributed by atoms with Crippen molar-refractivity contribution in [3.8, 4) is 0 Å². The first-order valence-corrected chi connectivity index (χ1v) is 8.18. The standard InChI is InChI=1S/C14H19N5O2S/c1-11(12-7-5-4-6-8-12)15-13-9-10-14(17-16-13)18-22(20,21)19(2)3/h4-11H,1-3H3,(H,15,16)(H,17,18). The van der Waals surface area contributed by atoms with Gasteiger partial charge in [0, 0.05) is 20.1 Å². The van der Waals surface area contributed by atoms with Gasteiger partial charge in [-0.15, -0.1) is 10.2 Å². The van der Waals surface area contributed by atoms with Crippen molar-refractivity contribution in [2.45, 2.75) is 13.0 Å². The van der Waals surface area contributed by atoms with E-state index in [-0.39, 0.29) is 11.9 Å². The number of aromatic nitrogens is 2. The molecule has 0 fully saturated rings. The number of nitrogens with one attached hydrogen (secondary N) is 2. The van der Waals surface area contributed by atoms with Gasteiger partial charge in [0.2, 0.25) is 0 Å². The Labute approximate surface area is 130 Å². The first kappa shape index (κ1) is 16.2. The normalized spacial score (nSPS) is 12.9. The highest BCUT2D eigenvalue weighted by atomic mass is 32.2. The fourth-order valence-corrected chi connectivity index (χ4v) is 2.29. The van der Waals surface area contributed by atoms with Crippen LogP contribution in [0.2, 0.25) is 0 Å². The quantitative estimate of drug-likeness (QED) is 0.848. The minimum absolute atomic E-state index is 0.0693. The molecule has 8 heteroatoms. The summed E-state index contributed by atoms with van der Waals surface area (Å²) in [5.41, 5.74) is 1.13. The summed E-state index contributed by atoms with van der Waals surface area (Å²) in [6.07, 6.45) is 0. The van der Waals surface area contributed by atoms with Gasteiger partial charge in [0.1, 0.15) is 5.82 Å². The lowest BCUT2D eigenvalue weighted by Gasteiger charge is -2.15. The largest absolute Gasteiger partial charge is 0.362 e. The van der Waals surface area contributed by atoms with E-state index >= 15 is 0 Å². The maximum atomic E-state index is 11.7. The van der Waals surface area contributed by atoms with Gasteiger partial charge in [0.25, 0.3) is 0 Å². The van der Waals surface area contributed by atoms with Crippen LogP contribution in [-0.4, -0.2) is 37.0 Å². The van der Waals surface area contributed by atoms with Crippen molar-refractivity contribution in [3.05, 3.63) is 48.0 Å². The Balaban J connectivity index is 2.04. The van der Waals surface area contributed by atoms with E-state index in [0.29, 0.717) is 5.82 Å². The van der Waals surface area contributed by atoms with Crippen LogP contribution >= 0.6 is 0 Å². The van der Waals surface area contributed by atoms with Crippen molar-refractivity contribution in [3.63, 3.8) is 0 Å². The van der Waals surface area contributed by atoms with Crippen LogP contribution in [0.15, 0.2) is 42.5 Å². The van der Waals surface area contributed by atoms with Crippen LogP contribution in [0.3, 0.4) is 0 Å². The van der Waals surface area contributed by atoms with Crippen LogP contribution in [0.5, 0.6) is 0 Å². The van der Waals surface area contributed by atoms with E-state index < -0.39 is 10.2 Å². The molecule has 0 aliphatic heterocycles. The van der Waals surface area contributed by atoms with Crippen molar-refractivity contribution in [1.82, 2.24) is 14.5 Å². The predicted octanol–water partition coefficient (Wildman–Crippen LogP) is 1.87. The van der Waals surface area contributed by atoms with Gasteiger partial charge in [-0.3, -0.25) is 4.72 Å². The molecule has 0 bridgehead atoms. The third-order valence-electron chi connectivity index (χ3n) is 3.04. The maximum absolute atomic E-state index is 11.7. The number of benzene rings is 1. The number of rotatable bonds is 6. The van der Waals surface area contributed by atoms with E-state index in [2.05, 4.69) is 20.2 Å². The lowest BCUT2D eigenvalue weighted by atomic mass is 10.1. The van der Waals surface area contributed by atoms with Crippen LogP contribution in [0.4, 0.5) is 11.6 Å². The van der Waals surface area contributed by atoms with Gasteiger partial charge >= 0.3 is 10.2 Å². The average molecular weight is 321 g/mol. The number of anilines is 2. The van der Waals surface area contributed by atoms with Gasteiger partial charge in [-0.1, -0.05) is 30.3 Å². The molecule has 2 aromatic rings. The highest BCUT2D eigenvalue weighted by Gasteiger charge is 2.14. The predicted molar refractivity (Wildman–Crippen MR) is 86.7 cm³/mol. The van der Waals surface area contributed by atoms with Crippen molar-refractivity contribution >= 4 is 21.8 Å². The molecule has 2 rings (SSSR count). The highest BCUT2D eigenvalue weighted by Crippen LogP contribution is 2.17. The molecular weight excluding hydrogens is 302 g/mol. The third-order valence-corrected chi connectivity index (χ3v) is 4.47. The second-order valence-electron chi connectivity index (χ2n) is 4.97. The van der Waals surface area contributed by atoms with E-state index in [9.17, 15) is 8.42 Å². The Hall–Kier alpha value is -2.19. The number of hydrogen-bond acceptors (Lipinski definition) is 5. The summed E-state index contributed by atoms with van der Waals surface area (Å²) in [6.45, 7) is 2.01. The fourth-order valence-electron chi connectivity index (χ4n) is 1.73. The van der Waals surface area contributed by atoms with Gasteiger partial charge in [0.05, 0.1) is 0 Å². The molecule has 1 heterocycles. The van der Waals surface area contributed by atoms with Crippen molar-refractivity contribution in [2.24, 2.45) is 0 Å². The Morgan fingerprint density at radius 1 is 1.00 bits per heavy atom. The van der Waals surface area contributed by atoms with Crippen LogP contribution < -0.4 is 10.0 Å². The maximum Gasteiger partial charge on any atom is 0.302 e. The molecule has 118 valence electrons. The molecule has 0 spiro atoms. The van der Waals surface area contributed by atoms with Gasteiger partial charge in [-0.25, -0.2) is 0 Å². The van der Waals surface area contributed by atoms with Crippen LogP contribution in [-0.2, 0) is 10.2 Å². The van der Waals surface area contributed by atoms with Crippen molar-refractivity contribution in [1.29, 1.82) is 0 Å². The molecular formula is C14H19N5O2S. The molecule has 22 heavy (non-hydrogen) atoms. The average Bonchev–Trinajstić information content (AvgIpc) is 2.49. The number of nitrogens with zero attached hydrogens (tertiary/aromatic N) is 3. The zero-order valence-corrected chi connectivity index (χ0v) is 13.5. The summed E-state index contributed by atoms with van der Waals surface area (Å²) in [5, 5.41) is 11.1. The lowest BCUT2D eigenvalue weighted by Crippen LogP contribution is -2.29. The topological polar surface area (TPSA) is 87.2 Å². The highest BCUT2D eigenvalue weighted by molar-refractivity contribution is 7.90. The molecule has 0 aliphatic rings.